The smallest absolute Gasteiger partial charge is 0.353 e. The van der Waals surface area contributed by atoms with Crippen LogP contribution in [0.25, 0.3) is 0 Å². The summed E-state index contributed by atoms with van der Waals surface area (Å²) in [5.41, 5.74) is 0.101. The van der Waals surface area contributed by atoms with Crippen molar-refractivity contribution in [3.05, 3.63) is 71.0 Å². The maximum atomic E-state index is 13.2. The van der Waals surface area contributed by atoms with Crippen molar-refractivity contribution in [1.82, 2.24) is 0 Å². The Hall–Kier alpha value is -4.42. The van der Waals surface area contributed by atoms with Crippen LogP contribution >= 0.6 is 0 Å². The molecule has 1 heterocycles. The molecule has 3 aliphatic carbocycles. The van der Waals surface area contributed by atoms with Crippen LogP contribution in [0.1, 0.15) is 62.3 Å². The zero-order valence-electron chi connectivity index (χ0n) is 25.6. The van der Waals surface area contributed by atoms with Gasteiger partial charge in [-0.05, 0) is 62.1 Å². The quantitative estimate of drug-likeness (QED) is 0.257. The highest BCUT2D eigenvalue weighted by Crippen LogP contribution is 2.68. The van der Waals surface area contributed by atoms with E-state index in [-0.39, 0.29) is 29.6 Å². The maximum absolute atomic E-state index is 13.2. The van der Waals surface area contributed by atoms with Gasteiger partial charge in [0.1, 0.15) is 5.76 Å². The van der Waals surface area contributed by atoms with Crippen LogP contribution in [0.15, 0.2) is 54.3 Å². The number of rotatable bonds is 10. The minimum atomic E-state index is -2.02. The summed E-state index contributed by atoms with van der Waals surface area (Å²) in [6.45, 7) is 3.28. The van der Waals surface area contributed by atoms with Gasteiger partial charge in [0.25, 0.3) is 0 Å². The zero-order chi connectivity index (χ0) is 33.0. The number of carboxylic acids is 1. The van der Waals surface area contributed by atoms with Crippen LogP contribution in [0.4, 0.5) is 0 Å². The van der Waals surface area contributed by atoms with Crippen LogP contribution in [0, 0.1) is 11.8 Å². The molecule has 0 radical (unpaired) electrons. The molecular weight excluding hydrogens is 600 g/mol. The first kappa shape index (κ1) is 31.6. The molecular formula is C34H36O12. The second-order valence-electron chi connectivity index (χ2n) is 12.5. The molecule has 12 heteroatoms. The van der Waals surface area contributed by atoms with Crippen molar-refractivity contribution < 1.29 is 58.2 Å². The number of carbonyl (C=O) groups is 4. The first-order chi connectivity index (χ1) is 21.9. The van der Waals surface area contributed by atoms with Crippen molar-refractivity contribution in [2.75, 3.05) is 7.11 Å². The number of hydrogen-bond donors (Lipinski definition) is 3. The fourth-order valence-electron chi connectivity index (χ4n) is 7.74. The lowest BCUT2D eigenvalue weighted by atomic mass is 9.45. The minimum absolute atomic E-state index is 0.0352. The van der Waals surface area contributed by atoms with Crippen LogP contribution in [0.5, 0.6) is 11.5 Å². The molecule has 1 spiro atoms. The highest BCUT2D eigenvalue weighted by Gasteiger charge is 2.72. The number of carbonyl (C=O) groups excluding carboxylic acids is 3. The average Bonchev–Trinajstić information content (AvgIpc) is 3.39. The van der Waals surface area contributed by atoms with Gasteiger partial charge in [0.15, 0.2) is 29.8 Å². The van der Waals surface area contributed by atoms with E-state index in [0.717, 1.165) is 24.5 Å². The van der Waals surface area contributed by atoms with Gasteiger partial charge < -0.3 is 39.0 Å². The number of aliphatic hydroxyl groups is 2. The van der Waals surface area contributed by atoms with E-state index in [1.807, 2.05) is 12.1 Å². The van der Waals surface area contributed by atoms with Crippen molar-refractivity contribution in [2.24, 2.45) is 11.8 Å². The summed E-state index contributed by atoms with van der Waals surface area (Å²) in [6.07, 6.45) is -2.91. The van der Waals surface area contributed by atoms with Crippen molar-refractivity contribution in [3.8, 4) is 11.5 Å². The zero-order valence-corrected chi connectivity index (χ0v) is 25.6. The third-order valence-electron chi connectivity index (χ3n) is 9.99. The van der Waals surface area contributed by atoms with E-state index < -0.39 is 65.7 Å². The average molecular weight is 637 g/mol. The molecule has 4 aliphatic rings. The number of carboxylic acid groups (broad SMARTS) is 1. The molecule has 2 aromatic rings. The number of aliphatic hydroxyl groups excluding tert-OH is 1. The van der Waals surface area contributed by atoms with Crippen LogP contribution < -0.4 is 9.47 Å². The Morgan fingerprint density at radius 3 is 2.50 bits per heavy atom. The van der Waals surface area contributed by atoms with E-state index >= 15 is 0 Å². The van der Waals surface area contributed by atoms with Crippen LogP contribution in [-0.2, 0) is 45.2 Å². The van der Waals surface area contributed by atoms with Crippen molar-refractivity contribution in [3.63, 3.8) is 0 Å². The van der Waals surface area contributed by atoms with Gasteiger partial charge in [-0.1, -0.05) is 43.3 Å². The summed E-state index contributed by atoms with van der Waals surface area (Å²) in [7, 11) is 1.54. The second kappa shape index (κ2) is 11.7. The van der Waals surface area contributed by atoms with Crippen molar-refractivity contribution >= 4 is 23.9 Å². The number of ether oxygens (including phenoxy) is 5. The molecule has 1 fully saturated rings. The van der Waals surface area contributed by atoms with Crippen LogP contribution in [-0.4, -0.2) is 70.2 Å². The minimum Gasteiger partial charge on any atom is -0.493 e. The first-order valence-electron chi connectivity index (χ1n) is 15.3. The number of benzene rings is 2. The Balaban J connectivity index is 1.19. The summed E-state index contributed by atoms with van der Waals surface area (Å²) in [6, 6.07) is 11.6. The predicted molar refractivity (Wildman–Crippen MR) is 158 cm³/mol. The molecule has 1 unspecified atom stereocenters. The standard InChI is InChI=1S/C34H36O12/c1-17-11-13-33-26-20-9-10-23(42-3)28(26)45-29(33)24(12-14-34(33,41)21(17)15-20)44-25(36)16-22(35)31(39)46-27(19-7-5-4-6-8-19)32(40)43-18(2)30(37)38/h4-10,12,17-18,21-22,27,29,35,41H,11,13-16H2,1-3H3,(H,37,38)/t17?,18-,21-,22-,27-,29-,33-,34+/m0/s1. The summed E-state index contributed by atoms with van der Waals surface area (Å²) < 4.78 is 27.9. The molecule has 0 saturated heterocycles. The largest absolute Gasteiger partial charge is 0.493 e. The van der Waals surface area contributed by atoms with Crippen molar-refractivity contribution in [2.45, 2.75) is 81.4 Å². The lowest BCUT2D eigenvalue weighted by molar-refractivity contribution is -0.181. The van der Waals surface area contributed by atoms with E-state index in [2.05, 4.69) is 6.92 Å². The summed E-state index contributed by atoms with van der Waals surface area (Å²) in [4.78, 5) is 50.0. The summed E-state index contributed by atoms with van der Waals surface area (Å²) in [5, 5.41) is 32.1. The highest BCUT2D eigenvalue weighted by molar-refractivity contribution is 5.86. The number of esters is 3. The second-order valence-corrected chi connectivity index (χ2v) is 12.5. The molecule has 0 aromatic heterocycles. The fraction of sp³-hybridized carbons (Fsp3) is 0.471. The van der Waals surface area contributed by atoms with Crippen LogP contribution in [0.2, 0.25) is 0 Å². The van der Waals surface area contributed by atoms with Crippen LogP contribution in [0.3, 0.4) is 0 Å². The Bertz CT molecular complexity index is 1600. The van der Waals surface area contributed by atoms with Gasteiger partial charge in [0.2, 0.25) is 6.10 Å². The maximum Gasteiger partial charge on any atom is 0.353 e. The monoisotopic (exact) mass is 636 g/mol. The predicted octanol–water partition coefficient (Wildman–Crippen LogP) is 2.91. The molecule has 2 bridgehead atoms. The molecule has 6 rings (SSSR count). The normalized spacial score (nSPS) is 28.7. The molecule has 244 valence electrons. The molecule has 12 nitrogen and oxygen atoms in total. The SMILES string of the molecule is COc1ccc2c3c1O[C@H]1C(OC(=O)C[C@H](O)C(=O)O[C@H](C(=O)O[C@@H](C)C(=O)O)c4ccccc4)=CC[C@@]4(O)[C@@H](C2)C(C)CC[C@]314. The van der Waals surface area contributed by atoms with Gasteiger partial charge in [0.05, 0.1) is 24.5 Å². The third-order valence-corrected chi connectivity index (χ3v) is 9.99. The first-order valence-corrected chi connectivity index (χ1v) is 15.3. The van der Waals surface area contributed by atoms with Crippen molar-refractivity contribution in [1.29, 1.82) is 0 Å². The Morgan fingerprint density at radius 1 is 1.07 bits per heavy atom. The summed E-state index contributed by atoms with van der Waals surface area (Å²) in [5.74, 6) is -3.42. The lowest BCUT2D eigenvalue weighted by Gasteiger charge is -2.61. The molecule has 1 aliphatic heterocycles. The number of hydrogen-bond acceptors (Lipinski definition) is 11. The Labute approximate surface area is 264 Å². The van der Waals surface area contributed by atoms with E-state index in [4.69, 9.17) is 28.8 Å². The number of methoxy groups -OCH3 is 1. The Kier molecular flexibility index (Phi) is 8.06. The number of aliphatic carboxylic acids is 1. The lowest BCUT2D eigenvalue weighted by Crippen LogP contribution is -2.69. The summed E-state index contributed by atoms with van der Waals surface area (Å²) >= 11 is 0. The topological polar surface area (TPSA) is 175 Å². The van der Waals surface area contributed by atoms with Gasteiger partial charge in [0, 0.05) is 11.1 Å². The fourth-order valence-corrected chi connectivity index (χ4v) is 7.74. The van der Waals surface area contributed by atoms with Gasteiger partial charge >= 0.3 is 23.9 Å². The van der Waals surface area contributed by atoms with E-state index in [1.54, 1.807) is 24.3 Å². The van der Waals surface area contributed by atoms with E-state index in [0.29, 0.717) is 24.3 Å². The molecule has 46 heavy (non-hydrogen) atoms. The molecule has 2 aromatic carbocycles. The molecule has 1 saturated carbocycles. The van der Waals surface area contributed by atoms with Gasteiger partial charge in [-0.3, -0.25) is 4.79 Å². The van der Waals surface area contributed by atoms with E-state index in [9.17, 15) is 29.4 Å². The van der Waals surface area contributed by atoms with Gasteiger partial charge in [-0.2, -0.15) is 0 Å². The molecule has 8 atom stereocenters. The Morgan fingerprint density at radius 2 is 1.80 bits per heavy atom. The highest BCUT2D eigenvalue weighted by atomic mass is 16.6. The molecule has 3 N–H and O–H groups in total. The third kappa shape index (κ3) is 4.91. The van der Waals surface area contributed by atoms with Gasteiger partial charge in [-0.15, -0.1) is 0 Å². The van der Waals surface area contributed by atoms with Gasteiger partial charge in [-0.25, -0.2) is 14.4 Å². The van der Waals surface area contributed by atoms with E-state index in [1.165, 1.54) is 19.2 Å². The molecule has 0 amide bonds.